The van der Waals surface area contributed by atoms with Crippen LogP contribution in [0, 0.1) is 0 Å². The summed E-state index contributed by atoms with van der Waals surface area (Å²) in [6.45, 7) is 2.64. The van der Waals surface area contributed by atoms with Gasteiger partial charge in [0.25, 0.3) is 0 Å². The number of anilines is 1. The van der Waals surface area contributed by atoms with E-state index in [1.165, 1.54) is 0 Å². The minimum Gasteiger partial charge on any atom is -0.387 e. The molecular weight excluding hydrogens is 268 g/mol. The monoisotopic (exact) mass is 284 g/mol. The second kappa shape index (κ2) is 5.28. The Balaban J connectivity index is 2.15. The van der Waals surface area contributed by atoms with Crippen LogP contribution in [0.25, 0.3) is 11.0 Å². The van der Waals surface area contributed by atoms with E-state index in [0.29, 0.717) is 24.6 Å². The van der Waals surface area contributed by atoms with Gasteiger partial charge in [-0.05, 0) is 32.6 Å². The number of likely N-dealkylation sites (N-methyl/N-ethyl adjacent to an activating group) is 1. The van der Waals surface area contributed by atoms with Gasteiger partial charge in [0.05, 0.1) is 17.2 Å². The maximum atomic E-state index is 10.2. The van der Waals surface area contributed by atoms with E-state index in [-0.39, 0.29) is 5.28 Å². The Hall–Kier alpha value is -1.44. The van der Waals surface area contributed by atoms with Crippen LogP contribution in [-0.2, 0) is 0 Å². The van der Waals surface area contributed by atoms with E-state index in [0.717, 1.165) is 5.39 Å². The highest BCUT2D eigenvalue weighted by molar-refractivity contribution is 6.28. The molecule has 0 aromatic carbocycles. The molecule has 0 aliphatic rings. The van der Waals surface area contributed by atoms with Crippen LogP contribution < -0.4 is 5.32 Å². The average molecular weight is 285 g/mol. The molecule has 0 aliphatic carbocycles. The van der Waals surface area contributed by atoms with Gasteiger partial charge < -0.3 is 15.3 Å². The van der Waals surface area contributed by atoms with Gasteiger partial charge in [-0.1, -0.05) is 0 Å². The Kier molecular flexibility index (Phi) is 3.88. The molecule has 0 radical (unpaired) electrons. The van der Waals surface area contributed by atoms with E-state index < -0.39 is 5.60 Å². The summed E-state index contributed by atoms with van der Waals surface area (Å²) in [5, 5.41) is 20.8. The van der Waals surface area contributed by atoms with E-state index in [4.69, 9.17) is 11.6 Å². The highest BCUT2D eigenvalue weighted by atomic mass is 35.5. The Morgan fingerprint density at radius 3 is 2.89 bits per heavy atom. The van der Waals surface area contributed by atoms with E-state index in [1.54, 1.807) is 13.1 Å². The smallest absolute Gasteiger partial charge is 0.226 e. The zero-order valence-corrected chi connectivity index (χ0v) is 11.9. The fourth-order valence-corrected chi connectivity index (χ4v) is 2.12. The van der Waals surface area contributed by atoms with Crippen molar-refractivity contribution in [3.63, 3.8) is 0 Å². The Morgan fingerprint density at radius 2 is 2.21 bits per heavy atom. The van der Waals surface area contributed by atoms with Crippen molar-refractivity contribution in [3.05, 3.63) is 11.5 Å². The summed E-state index contributed by atoms with van der Waals surface area (Å²) >= 11 is 5.83. The molecule has 2 rings (SSSR count). The van der Waals surface area contributed by atoms with Gasteiger partial charge in [-0.25, -0.2) is 0 Å². The molecule has 0 spiro atoms. The van der Waals surface area contributed by atoms with Gasteiger partial charge in [0.15, 0.2) is 5.65 Å². The zero-order valence-electron chi connectivity index (χ0n) is 11.1. The van der Waals surface area contributed by atoms with Gasteiger partial charge in [0.2, 0.25) is 5.28 Å². The molecule has 8 heteroatoms. The van der Waals surface area contributed by atoms with Gasteiger partial charge in [-0.2, -0.15) is 15.1 Å². The first-order valence-electron chi connectivity index (χ1n) is 5.85. The number of aromatic amines is 1. The van der Waals surface area contributed by atoms with Crippen LogP contribution >= 0.6 is 11.6 Å². The van der Waals surface area contributed by atoms with Gasteiger partial charge in [-0.15, -0.1) is 0 Å². The molecule has 2 aromatic heterocycles. The number of hydrogen-bond acceptors (Lipinski definition) is 6. The van der Waals surface area contributed by atoms with Gasteiger partial charge in [0, 0.05) is 13.1 Å². The number of fused-ring (bicyclic) bond motifs is 1. The molecule has 0 fully saturated rings. The molecule has 0 bridgehead atoms. The molecule has 2 aromatic rings. The van der Waals surface area contributed by atoms with Crippen molar-refractivity contribution in [1.29, 1.82) is 0 Å². The molecular formula is C11H17ClN6O. The molecule has 1 atom stereocenters. The summed E-state index contributed by atoms with van der Waals surface area (Å²) in [4.78, 5) is 10.0. The van der Waals surface area contributed by atoms with Crippen molar-refractivity contribution >= 4 is 28.5 Å². The summed E-state index contributed by atoms with van der Waals surface area (Å²) in [5.41, 5.74) is -0.313. The molecule has 104 valence electrons. The lowest BCUT2D eigenvalue weighted by Gasteiger charge is -2.27. The van der Waals surface area contributed by atoms with Crippen LogP contribution in [0.15, 0.2) is 6.20 Å². The maximum absolute atomic E-state index is 10.2. The van der Waals surface area contributed by atoms with E-state index in [1.807, 2.05) is 19.0 Å². The lowest BCUT2D eigenvalue weighted by Crippen LogP contribution is -2.43. The van der Waals surface area contributed by atoms with Crippen molar-refractivity contribution in [2.45, 2.75) is 12.5 Å². The number of halogens is 1. The summed E-state index contributed by atoms with van der Waals surface area (Å²) in [5.74, 6) is 0.558. The van der Waals surface area contributed by atoms with Crippen molar-refractivity contribution < 1.29 is 5.11 Å². The average Bonchev–Trinajstić information content (AvgIpc) is 2.71. The second-order valence-corrected chi connectivity index (χ2v) is 5.40. The van der Waals surface area contributed by atoms with Crippen molar-refractivity contribution in [1.82, 2.24) is 25.1 Å². The van der Waals surface area contributed by atoms with Crippen LogP contribution in [-0.4, -0.2) is 63.0 Å². The minimum atomic E-state index is -0.878. The first-order chi connectivity index (χ1) is 8.87. The summed E-state index contributed by atoms with van der Waals surface area (Å²) < 4.78 is 0. The molecule has 7 nitrogen and oxygen atoms in total. The predicted octanol–water partition coefficient (Wildman–Crippen LogP) is 0.731. The number of nitrogens with one attached hydrogen (secondary N) is 2. The number of aromatic nitrogens is 4. The molecule has 19 heavy (non-hydrogen) atoms. The Labute approximate surface area is 116 Å². The molecule has 0 aliphatic heterocycles. The quantitative estimate of drug-likeness (QED) is 0.702. The van der Waals surface area contributed by atoms with E-state index >= 15 is 0 Å². The van der Waals surface area contributed by atoms with Crippen LogP contribution in [0.1, 0.15) is 6.92 Å². The Morgan fingerprint density at radius 1 is 1.47 bits per heavy atom. The lowest BCUT2D eigenvalue weighted by atomic mass is 10.1. The summed E-state index contributed by atoms with van der Waals surface area (Å²) in [6.07, 6.45) is 1.62. The molecule has 0 saturated carbocycles. The number of hydrogen-bond donors (Lipinski definition) is 3. The van der Waals surface area contributed by atoms with Crippen LogP contribution in [0.3, 0.4) is 0 Å². The van der Waals surface area contributed by atoms with Crippen molar-refractivity contribution in [2.24, 2.45) is 0 Å². The van der Waals surface area contributed by atoms with E-state index in [9.17, 15) is 5.11 Å². The normalized spacial score (nSPS) is 14.8. The lowest BCUT2D eigenvalue weighted by molar-refractivity contribution is 0.0459. The first-order valence-corrected chi connectivity index (χ1v) is 6.23. The molecule has 0 amide bonds. The first kappa shape index (κ1) is 14.0. The standard InChI is InChI=1S/C11H17ClN6O/c1-11(19,6-18(2)3)5-13-8-7-4-14-17-9(7)16-10(12)15-8/h4,19H,5-6H2,1-3H3,(H2,13,14,15,16,17). The predicted molar refractivity (Wildman–Crippen MR) is 74.4 cm³/mol. The second-order valence-electron chi connectivity index (χ2n) is 5.06. The summed E-state index contributed by atoms with van der Waals surface area (Å²) in [7, 11) is 3.81. The van der Waals surface area contributed by atoms with Crippen LogP contribution in [0.5, 0.6) is 0 Å². The van der Waals surface area contributed by atoms with Gasteiger partial charge >= 0.3 is 0 Å². The third kappa shape index (κ3) is 3.52. The van der Waals surface area contributed by atoms with E-state index in [2.05, 4.69) is 25.5 Å². The number of aliphatic hydroxyl groups is 1. The van der Waals surface area contributed by atoms with Gasteiger partial charge in [-0.3, -0.25) is 5.10 Å². The SMILES string of the molecule is CN(C)CC(C)(O)CNc1nc(Cl)nc2[nH]ncc12. The van der Waals surface area contributed by atoms with Gasteiger partial charge in [0.1, 0.15) is 5.82 Å². The third-order valence-corrected chi connectivity index (χ3v) is 2.75. The topological polar surface area (TPSA) is 90.0 Å². The van der Waals surface area contributed by atoms with Crippen molar-refractivity contribution in [2.75, 3.05) is 32.5 Å². The fraction of sp³-hybridized carbons (Fsp3) is 0.545. The number of H-pyrrole nitrogens is 1. The van der Waals surface area contributed by atoms with Crippen molar-refractivity contribution in [3.8, 4) is 0 Å². The largest absolute Gasteiger partial charge is 0.387 e. The molecule has 2 heterocycles. The highest BCUT2D eigenvalue weighted by Crippen LogP contribution is 2.20. The molecule has 0 saturated heterocycles. The fourth-order valence-electron chi connectivity index (χ4n) is 1.95. The minimum absolute atomic E-state index is 0.131. The maximum Gasteiger partial charge on any atom is 0.226 e. The Bertz CT molecular complexity index is 567. The zero-order chi connectivity index (χ0) is 14.0. The number of nitrogens with zero attached hydrogens (tertiary/aromatic N) is 4. The third-order valence-electron chi connectivity index (χ3n) is 2.58. The number of rotatable bonds is 5. The van der Waals surface area contributed by atoms with Crippen LogP contribution in [0.2, 0.25) is 5.28 Å². The molecule has 3 N–H and O–H groups in total. The van der Waals surface area contributed by atoms with Crippen LogP contribution in [0.4, 0.5) is 5.82 Å². The molecule has 1 unspecified atom stereocenters. The summed E-state index contributed by atoms with van der Waals surface area (Å²) in [6, 6.07) is 0. The highest BCUT2D eigenvalue weighted by Gasteiger charge is 2.22.